The number of aryl methyl sites for hydroxylation is 1. The first-order chi connectivity index (χ1) is 11.7. The van der Waals surface area contributed by atoms with E-state index in [9.17, 15) is 4.79 Å². The Balaban J connectivity index is 1.51. The first-order valence-electron chi connectivity index (χ1n) is 8.30. The van der Waals surface area contributed by atoms with Gasteiger partial charge in [0.25, 0.3) is 0 Å². The number of carbonyl (C=O) groups excluding carboxylic acids is 1. The third-order valence-corrected chi connectivity index (χ3v) is 4.51. The highest BCUT2D eigenvalue weighted by atomic mass is 16.5. The second-order valence-electron chi connectivity index (χ2n) is 6.22. The molecule has 6 nitrogen and oxygen atoms in total. The highest BCUT2D eigenvalue weighted by molar-refractivity contribution is 5.91. The fourth-order valence-corrected chi connectivity index (χ4v) is 3.27. The number of para-hydroxylation sites is 1. The van der Waals surface area contributed by atoms with Gasteiger partial charge < -0.3 is 10.1 Å². The number of nitrogens with one attached hydrogen (secondary N) is 1. The monoisotopic (exact) mass is 328 g/mol. The first kappa shape index (κ1) is 16.5. The maximum atomic E-state index is 12.1. The normalized spacial score (nSPS) is 16.1. The van der Waals surface area contributed by atoms with Gasteiger partial charge in [0.1, 0.15) is 5.75 Å². The van der Waals surface area contributed by atoms with Crippen molar-refractivity contribution in [3.05, 3.63) is 42.1 Å². The van der Waals surface area contributed by atoms with Crippen LogP contribution in [0.25, 0.3) is 0 Å². The largest absolute Gasteiger partial charge is 0.496 e. The standard InChI is InChI=1S/C18H24N4O2/c1-21-10-9-17(20-21)19-18(23)13-22-11-7-14(8-12-22)15-5-3-4-6-16(15)24-2/h3-6,9-10,14H,7-8,11-13H2,1-2H3,(H,19,20,23). The van der Waals surface area contributed by atoms with Crippen molar-refractivity contribution in [3.8, 4) is 5.75 Å². The Hall–Kier alpha value is -2.34. The summed E-state index contributed by atoms with van der Waals surface area (Å²) in [6, 6.07) is 10.0. The van der Waals surface area contributed by atoms with E-state index in [0.29, 0.717) is 18.3 Å². The molecule has 1 aliphatic heterocycles. The summed E-state index contributed by atoms with van der Waals surface area (Å²) in [4.78, 5) is 14.3. The van der Waals surface area contributed by atoms with Crippen molar-refractivity contribution >= 4 is 11.7 Å². The number of nitrogens with zero attached hydrogens (tertiary/aromatic N) is 3. The van der Waals surface area contributed by atoms with E-state index in [1.165, 1.54) is 5.56 Å². The van der Waals surface area contributed by atoms with Crippen LogP contribution in [0.4, 0.5) is 5.82 Å². The van der Waals surface area contributed by atoms with Crippen molar-refractivity contribution in [2.24, 2.45) is 7.05 Å². The van der Waals surface area contributed by atoms with Gasteiger partial charge >= 0.3 is 0 Å². The van der Waals surface area contributed by atoms with E-state index in [0.717, 1.165) is 31.7 Å². The van der Waals surface area contributed by atoms with Crippen molar-refractivity contribution in [2.75, 3.05) is 32.1 Å². The number of methoxy groups -OCH3 is 1. The van der Waals surface area contributed by atoms with Crippen LogP contribution in [0.5, 0.6) is 5.75 Å². The number of rotatable bonds is 5. The third-order valence-electron chi connectivity index (χ3n) is 4.51. The molecule has 0 saturated carbocycles. The van der Waals surface area contributed by atoms with Gasteiger partial charge in [-0.3, -0.25) is 14.4 Å². The molecule has 6 heteroatoms. The maximum Gasteiger partial charge on any atom is 0.239 e. The van der Waals surface area contributed by atoms with E-state index in [1.54, 1.807) is 17.9 Å². The SMILES string of the molecule is COc1ccccc1C1CCN(CC(=O)Nc2ccn(C)n2)CC1. The van der Waals surface area contributed by atoms with Crippen LogP contribution in [-0.4, -0.2) is 47.3 Å². The highest BCUT2D eigenvalue weighted by Crippen LogP contribution is 2.33. The lowest BCUT2D eigenvalue weighted by Crippen LogP contribution is -2.38. The van der Waals surface area contributed by atoms with Crippen LogP contribution in [0.2, 0.25) is 0 Å². The number of amides is 1. The first-order valence-corrected chi connectivity index (χ1v) is 8.30. The van der Waals surface area contributed by atoms with Gasteiger partial charge in [-0.15, -0.1) is 0 Å². The zero-order chi connectivity index (χ0) is 16.9. The molecule has 1 N–H and O–H groups in total. The predicted octanol–water partition coefficient (Wildman–Crippen LogP) is 2.25. The minimum Gasteiger partial charge on any atom is -0.496 e. The molecule has 0 bridgehead atoms. The fraction of sp³-hybridized carbons (Fsp3) is 0.444. The molecule has 0 spiro atoms. The zero-order valence-corrected chi connectivity index (χ0v) is 14.2. The Morgan fingerprint density at radius 1 is 1.29 bits per heavy atom. The molecule has 1 saturated heterocycles. The van der Waals surface area contributed by atoms with Crippen LogP contribution in [-0.2, 0) is 11.8 Å². The Labute approximate surface area is 142 Å². The molecule has 0 aliphatic carbocycles. The lowest BCUT2D eigenvalue weighted by atomic mass is 9.89. The second kappa shape index (κ2) is 7.49. The Bertz CT molecular complexity index is 690. The van der Waals surface area contributed by atoms with E-state index in [4.69, 9.17) is 4.74 Å². The zero-order valence-electron chi connectivity index (χ0n) is 14.2. The van der Waals surface area contributed by atoms with Crippen LogP contribution >= 0.6 is 0 Å². The molecular weight excluding hydrogens is 304 g/mol. The van der Waals surface area contributed by atoms with E-state index in [-0.39, 0.29) is 5.91 Å². The summed E-state index contributed by atoms with van der Waals surface area (Å²) < 4.78 is 7.15. The minimum atomic E-state index is -0.00978. The topological polar surface area (TPSA) is 59.4 Å². The molecule has 1 amide bonds. The molecule has 1 fully saturated rings. The van der Waals surface area contributed by atoms with Crippen LogP contribution < -0.4 is 10.1 Å². The summed E-state index contributed by atoms with van der Waals surface area (Å²) in [6.07, 6.45) is 3.89. The molecule has 24 heavy (non-hydrogen) atoms. The Morgan fingerprint density at radius 3 is 2.71 bits per heavy atom. The molecule has 2 aromatic rings. The van der Waals surface area contributed by atoms with Crippen molar-refractivity contribution in [1.29, 1.82) is 0 Å². The predicted molar refractivity (Wildman–Crippen MR) is 93.2 cm³/mol. The number of likely N-dealkylation sites (tertiary alicyclic amines) is 1. The van der Waals surface area contributed by atoms with Crippen molar-refractivity contribution < 1.29 is 9.53 Å². The van der Waals surface area contributed by atoms with Gasteiger partial charge in [-0.25, -0.2) is 0 Å². The van der Waals surface area contributed by atoms with E-state index in [2.05, 4.69) is 27.4 Å². The number of ether oxygens (including phenoxy) is 1. The molecule has 0 atom stereocenters. The van der Waals surface area contributed by atoms with Gasteiger partial charge in [0, 0.05) is 19.3 Å². The van der Waals surface area contributed by atoms with Crippen LogP contribution in [0, 0.1) is 0 Å². The van der Waals surface area contributed by atoms with Crippen LogP contribution in [0.15, 0.2) is 36.5 Å². The molecule has 128 valence electrons. The fourth-order valence-electron chi connectivity index (χ4n) is 3.27. The summed E-state index contributed by atoms with van der Waals surface area (Å²) in [6.45, 7) is 2.24. The van der Waals surface area contributed by atoms with Gasteiger partial charge in [0.2, 0.25) is 5.91 Å². The summed E-state index contributed by atoms with van der Waals surface area (Å²) in [5.41, 5.74) is 1.28. The number of piperidine rings is 1. The quantitative estimate of drug-likeness (QED) is 0.914. The summed E-state index contributed by atoms with van der Waals surface area (Å²) in [5.74, 6) is 2.05. The molecular formula is C18H24N4O2. The van der Waals surface area contributed by atoms with Gasteiger partial charge in [-0.2, -0.15) is 5.10 Å². The van der Waals surface area contributed by atoms with E-state index < -0.39 is 0 Å². The number of hydrogen-bond donors (Lipinski definition) is 1. The van der Waals surface area contributed by atoms with Gasteiger partial charge in [-0.1, -0.05) is 18.2 Å². The molecule has 1 aromatic carbocycles. The van der Waals surface area contributed by atoms with E-state index >= 15 is 0 Å². The van der Waals surface area contributed by atoms with Crippen molar-refractivity contribution in [1.82, 2.24) is 14.7 Å². The number of carbonyl (C=O) groups is 1. The van der Waals surface area contributed by atoms with Gasteiger partial charge in [0.05, 0.1) is 13.7 Å². The highest BCUT2D eigenvalue weighted by Gasteiger charge is 2.24. The number of anilines is 1. The van der Waals surface area contributed by atoms with Crippen molar-refractivity contribution in [3.63, 3.8) is 0 Å². The Kier molecular flexibility index (Phi) is 5.15. The number of aromatic nitrogens is 2. The Morgan fingerprint density at radius 2 is 2.04 bits per heavy atom. The molecule has 2 heterocycles. The number of benzene rings is 1. The second-order valence-corrected chi connectivity index (χ2v) is 6.22. The minimum absolute atomic E-state index is 0.00978. The lowest BCUT2D eigenvalue weighted by molar-refractivity contribution is -0.117. The molecule has 1 aromatic heterocycles. The van der Waals surface area contributed by atoms with Gasteiger partial charge in [-0.05, 0) is 43.5 Å². The smallest absolute Gasteiger partial charge is 0.239 e. The molecule has 0 radical (unpaired) electrons. The molecule has 3 rings (SSSR count). The maximum absolute atomic E-state index is 12.1. The average Bonchev–Trinajstić information content (AvgIpc) is 3.00. The molecule has 0 unspecified atom stereocenters. The third kappa shape index (κ3) is 3.94. The van der Waals surface area contributed by atoms with Crippen LogP contribution in [0.3, 0.4) is 0 Å². The van der Waals surface area contributed by atoms with Gasteiger partial charge in [0.15, 0.2) is 5.82 Å². The van der Waals surface area contributed by atoms with Crippen LogP contribution in [0.1, 0.15) is 24.3 Å². The molecule has 1 aliphatic rings. The summed E-state index contributed by atoms with van der Waals surface area (Å²) >= 11 is 0. The number of hydrogen-bond acceptors (Lipinski definition) is 4. The van der Waals surface area contributed by atoms with Crippen molar-refractivity contribution in [2.45, 2.75) is 18.8 Å². The lowest BCUT2D eigenvalue weighted by Gasteiger charge is -2.32. The summed E-state index contributed by atoms with van der Waals surface area (Å²) in [7, 11) is 3.55. The average molecular weight is 328 g/mol. The van der Waals surface area contributed by atoms with E-state index in [1.807, 2.05) is 25.4 Å². The summed E-state index contributed by atoms with van der Waals surface area (Å²) in [5, 5.41) is 7.01.